The van der Waals surface area contributed by atoms with E-state index in [0.717, 1.165) is 11.1 Å². The molecule has 1 N–H and O–H groups in total. The molecule has 0 saturated heterocycles. The molecular weight excluding hydrogens is 353 g/mol. The van der Waals surface area contributed by atoms with Crippen LogP contribution in [0.3, 0.4) is 0 Å². The molecule has 6 nitrogen and oxygen atoms in total. The third-order valence-corrected chi connectivity index (χ3v) is 5.13. The predicted octanol–water partition coefficient (Wildman–Crippen LogP) is 3.06. The first-order valence-corrected chi connectivity index (χ1v) is 9.16. The minimum atomic E-state index is -3.94. The van der Waals surface area contributed by atoms with E-state index in [1.807, 2.05) is 17.5 Å². The Bertz CT molecular complexity index is 916. The van der Waals surface area contributed by atoms with E-state index in [9.17, 15) is 12.8 Å². The number of anilines is 1. The fourth-order valence-corrected chi connectivity index (χ4v) is 3.46. The minimum absolute atomic E-state index is 0.00376. The van der Waals surface area contributed by atoms with Crippen LogP contribution in [0.25, 0.3) is 0 Å². The van der Waals surface area contributed by atoms with Crippen molar-refractivity contribution in [2.45, 2.75) is 11.5 Å². The molecule has 24 heavy (non-hydrogen) atoms. The van der Waals surface area contributed by atoms with Gasteiger partial charge in [0.25, 0.3) is 10.0 Å². The van der Waals surface area contributed by atoms with Crippen molar-refractivity contribution >= 4 is 27.2 Å². The first-order chi connectivity index (χ1) is 11.5. The SMILES string of the molecule is O=S(=O)(Nc1nc(OCc2cccs2)ncc1F)c1ccccc1. The zero-order valence-electron chi connectivity index (χ0n) is 12.2. The van der Waals surface area contributed by atoms with Crippen molar-refractivity contribution < 1.29 is 17.5 Å². The van der Waals surface area contributed by atoms with E-state index in [-0.39, 0.29) is 17.5 Å². The van der Waals surface area contributed by atoms with Crippen LogP contribution >= 0.6 is 11.3 Å². The topological polar surface area (TPSA) is 81.2 Å². The lowest BCUT2D eigenvalue weighted by atomic mass is 10.4. The van der Waals surface area contributed by atoms with Gasteiger partial charge in [-0.2, -0.15) is 4.98 Å². The van der Waals surface area contributed by atoms with Crippen LogP contribution in [0, 0.1) is 5.82 Å². The van der Waals surface area contributed by atoms with Crippen molar-refractivity contribution in [2.75, 3.05) is 4.72 Å². The minimum Gasteiger partial charge on any atom is -0.458 e. The normalized spacial score (nSPS) is 11.2. The third kappa shape index (κ3) is 3.87. The molecule has 9 heteroatoms. The van der Waals surface area contributed by atoms with Gasteiger partial charge in [-0.1, -0.05) is 24.3 Å². The van der Waals surface area contributed by atoms with Crippen LogP contribution in [0.5, 0.6) is 6.01 Å². The average Bonchev–Trinajstić information content (AvgIpc) is 3.10. The van der Waals surface area contributed by atoms with E-state index < -0.39 is 21.7 Å². The molecule has 3 rings (SSSR count). The van der Waals surface area contributed by atoms with E-state index >= 15 is 0 Å². The average molecular weight is 365 g/mol. The van der Waals surface area contributed by atoms with Crippen molar-refractivity contribution in [1.82, 2.24) is 9.97 Å². The lowest BCUT2D eigenvalue weighted by Crippen LogP contribution is -2.15. The Hall–Kier alpha value is -2.52. The molecule has 0 atom stereocenters. The quantitative estimate of drug-likeness (QED) is 0.726. The Labute approximate surface area is 142 Å². The van der Waals surface area contributed by atoms with Crippen LogP contribution in [0.15, 0.2) is 58.9 Å². The van der Waals surface area contributed by atoms with Crippen molar-refractivity contribution in [2.24, 2.45) is 0 Å². The van der Waals surface area contributed by atoms with Crippen LogP contribution in [-0.2, 0) is 16.6 Å². The van der Waals surface area contributed by atoms with Gasteiger partial charge in [0, 0.05) is 4.88 Å². The number of rotatable bonds is 6. The highest BCUT2D eigenvalue weighted by atomic mass is 32.2. The zero-order chi connectivity index (χ0) is 17.0. The fourth-order valence-electron chi connectivity index (χ4n) is 1.81. The van der Waals surface area contributed by atoms with E-state index in [2.05, 4.69) is 14.7 Å². The maximum Gasteiger partial charge on any atom is 0.318 e. The number of hydrogen-bond donors (Lipinski definition) is 1. The Morgan fingerprint density at radius 2 is 1.96 bits per heavy atom. The maximum absolute atomic E-state index is 13.8. The number of nitrogens with one attached hydrogen (secondary N) is 1. The van der Waals surface area contributed by atoms with Crippen molar-refractivity contribution in [3.8, 4) is 6.01 Å². The predicted molar refractivity (Wildman–Crippen MR) is 87.9 cm³/mol. The van der Waals surface area contributed by atoms with Gasteiger partial charge in [-0.05, 0) is 23.6 Å². The number of halogens is 1. The maximum atomic E-state index is 13.8. The molecule has 0 aliphatic heterocycles. The molecule has 1 aromatic carbocycles. The van der Waals surface area contributed by atoms with E-state index in [0.29, 0.717) is 0 Å². The van der Waals surface area contributed by atoms with Crippen LogP contribution in [0.4, 0.5) is 10.2 Å². The summed E-state index contributed by atoms with van der Waals surface area (Å²) in [6.07, 6.45) is 0.861. The molecule has 2 heterocycles. The summed E-state index contributed by atoms with van der Waals surface area (Å²) in [6, 6.07) is 11.2. The van der Waals surface area contributed by atoms with Crippen LogP contribution in [-0.4, -0.2) is 18.4 Å². The molecule has 2 aromatic heterocycles. The summed E-state index contributed by atoms with van der Waals surface area (Å²) in [7, 11) is -3.94. The molecule has 0 bridgehead atoms. The number of hydrogen-bond acceptors (Lipinski definition) is 6. The second-order valence-corrected chi connectivity index (χ2v) is 7.35. The lowest BCUT2D eigenvalue weighted by Gasteiger charge is -2.09. The Balaban J connectivity index is 1.79. The standard InChI is InChI=1S/C15H12FN3O3S2/c16-13-9-17-15(22-10-11-5-4-8-23-11)18-14(13)19-24(20,21)12-6-2-1-3-7-12/h1-9H,10H2,(H,17,18,19). The first kappa shape index (κ1) is 16.3. The monoisotopic (exact) mass is 365 g/mol. The highest BCUT2D eigenvalue weighted by Gasteiger charge is 2.18. The molecule has 0 radical (unpaired) electrons. The molecular formula is C15H12FN3O3S2. The van der Waals surface area contributed by atoms with Gasteiger partial charge in [-0.3, -0.25) is 4.72 Å². The zero-order valence-corrected chi connectivity index (χ0v) is 13.8. The van der Waals surface area contributed by atoms with E-state index in [1.165, 1.54) is 23.5 Å². The largest absolute Gasteiger partial charge is 0.458 e. The van der Waals surface area contributed by atoms with E-state index in [4.69, 9.17) is 4.74 Å². The first-order valence-electron chi connectivity index (χ1n) is 6.80. The second-order valence-electron chi connectivity index (χ2n) is 4.64. The van der Waals surface area contributed by atoms with Gasteiger partial charge in [-0.15, -0.1) is 11.3 Å². The fraction of sp³-hybridized carbons (Fsp3) is 0.0667. The van der Waals surface area contributed by atoms with Gasteiger partial charge in [0.15, 0.2) is 11.6 Å². The second kappa shape index (κ2) is 6.93. The van der Waals surface area contributed by atoms with E-state index in [1.54, 1.807) is 18.2 Å². The summed E-state index contributed by atoms with van der Waals surface area (Å²) in [5, 5.41) is 1.89. The highest BCUT2D eigenvalue weighted by molar-refractivity contribution is 7.92. The summed E-state index contributed by atoms with van der Waals surface area (Å²) in [4.78, 5) is 8.43. The van der Waals surface area contributed by atoms with Gasteiger partial charge >= 0.3 is 6.01 Å². The Kier molecular flexibility index (Phi) is 4.72. The van der Waals surface area contributed by atoms with Crippen molar-refractivity contribution in [3.63, 3.8) is 0 Å². The summed E-state index contributed by atoms with van der Waals surface area (Å²) in [5.74, 6) is -1.35. The third-order valence-electron chi connectivity index (χ3n) is 2.93. The molecule has 0 saturated carbocycles. The van der Waals surface area contributed by atoms with Gasteiger partial charge in [0.1, 0.15) is 6.61 Å². The molecule has 0 unspecified atom stereocenters. The number of nitrogens with zero attached hydrogens (tertiary/aromatic N) is 2. The Morgan fingerprint density at radius 1 is 1.17 bits per heavy atom. The van der Waals surface area contributed by atoms with Crippen LogP contribution in [0.2, 0.25) is 0 Å². The van der Waals surface area contributed by atoms with Gasteiger partial charge in [0.05, 0.1) is 11.1 Å². The molecule has 0 fully saturated rings. The number of thiophene rings is 1. The lowest BCUT2D eigenvalue weighted by molar-refractivity contribution is 0.283. The number of ether oxygens (including phenoxy) is 1. The number of aromatic nitrogens is 2. The summed E-state index contributed by atoms with van der Waals surface area (Å²) < 4.78 is 45.7. The van der Waals surface area contributed by atoms with Crippen molar-refractivity contribution in [1.29, 1.82) is 0 Å². The van der Waals surface area contributed by atoms with Gasteiger partial charge in [-0.25, -0.2) is 17.8 Å². The summed E-state index contributed by atoms with van der Waals surface area (Å²) >= 11 is 1.49. The number of sulfonamides is 1. The van der Waals surface area contributed by atoms with Gasteiger partial charge in [0.2, 0.25) is 0 Å². The molecule has 0 aliphatic carbocycles. The molecule has 0 amide bonds. The van der Waals surface area contributed by atoms with Crippen LogP contribution < -0.4 is 9.46 Å². The van der Waals surface area contributed by atoms with Crippen molar-refractivity contribution in [3.05, 3.63) is 64.7 Å². The summed E-state index contributed by atoms with van der Waals surface area (Å²) in [5.41, 5.74) is 0. The Morgan fingerprint density at radius 3 is 2.67 bits per heavy atom. The molecule has 0 spiro atoms. The number of benzene rings is 1. The molecule has 124 valence electrons. The smallest absolute Gasteiger partial charge is 0.318 e. The molecule has 3 aromatic rings. The van der Waals surface area contributed by atoms with Gasteiger partial charge < -0.3 is 4.74 Å². The molecule has 0 aliphatic rings. The van der Waals surface area contributed by atoms with Crippen LogP contribution in [0.1, 0.15) is 4.88 Å². The highest BCUT2D eigenvalue weighted by Crippen LogP contribution is 2.19. The summed E-state index contributed by atoms with van der Waals surface area (Å²) in [6.45, 7) is 0.216.